The normalized spacial score (nSPS) is 9.88. The Bertz CT molecular complexity index is 381. The minimum atomic E-state index is -0.525. The fraction of sp³-hybridized carbons (Fsp3) is 0.444. The summed E-state index contributed by atoms with van der Waals surface area (Å²) in [4.78, 5) is 26.4. The van der Waals surface area contributed by atoms with E-state index in [4.69, 9.17) is 11.6 Å². The van der Waals surface area contributed by atoms with Crippen LogP contribution in [0.25, 0.3) is 0 Å². The Morgan fingerprint density at radius 2 is 2.31 bits per heavy atom. The average Bonchev–Trinajstić information content (AvgIpc) is 2.61. The summed E-state index contributed by atoms with van der Waals surface area (Å²) in [5.41, 5.74) is 0.917. The van der Waals surface area contributed by atoms with Gasteiger partial charge in [0.2, 0.25) is 5.91 Å². The van der Waals surface area contributed by atoms with Crippen molar-refractivity contribution in [2.24, 2.45) is 0 Å². The number of thiazole rings is 1. The third kappa shape index (κ3) is 4.59. The summed E-state index contributed by atoms with van der Waals surface area (Å²) in [5, 5.41) is 7.40. The van der Waals surface area contributed by atoms with Gasteiger partial charge in [0, 0.05) is 23.4 Å². The van der Waals surface area contributed by atoms with E-state index in [-0.39, 0.29) is 18.2 Å². The predicted molar refractivity (Wildman–Crippen MR) is 62.6 cm³/mol. The van der Waals surface area contributed by atoms with Crippen molar-refractivity contribution in [3.8, 4) is 0 Å². The zero-order valence-corrected chi connectivity index (χ0v) is 10.3. The maximum Gasteiger partial charge on any atom is 0.321 e. The van der Waals surface area contributed by atoms with Gasteiger partial charge in [-0.1, -0.05) is 0 Å². The van der Waals surface area contributed by atoms with Crippen LogP contribution < -0.4 is 10.6 Å². The number of halogens is 1. The third-order valence-electron chi connectivity index (χ3n) is 1.64. The van der Waals surface area contributed by atoms with Crippen LogP contribution in [0.4, 0.5) is 4.79 Å². The van der Waals surface area contributed by atoms with Crippen molar-refractivity contribution in [2.45, 2.75) is 19.9 Å². The number of aromatic nitrogens is 1. The molecular weight excluding hydrogens is 250 g/mol. The average molecular weight is 262 g/mol. The van der Waals surface area contributed by atoms with Crippen molar-refractivity contribution in [1.29, 1.82) is 0 Å². The lowest BCUT2D eigenvalue weighted by Gasteiger charge is -2.03. The lowest BCUT2D eigenvalue weighted by atomic mass is 10.4. The van der Waals surface area contributed by atoms with Crippen molar-refractivity contribution in [3.05, 3.63) is 16.1 Å². The van der Waals surface area contributed by atoms with Crippen LogP contribution in [-0.2, 0) is 11.3 Å². The monoisotopic (exact) mass is 261 g/mol. The molecule has 1 heterocycles. The van der Waals surface area contributed by atoms with Crippen LogP contribution in [0.15, 0.2) is 5.38 Å². The number of imide groups is 1. The topological polar surface area (TPSA) is 71.1 Å². The second-order valence-electron chi connectivity index (χ2n) is 3.05. The van der Waals surface area contributed by atoms with Crippen LogP contribution in [0.1, 0.15) is 17.1 Å². The molecule has 1 rings (SSSR count). The predicted octanol–water partition coefficient (Wildman–Crippen LogP) is 1.41. The van der Waals surface area contributed by atoms with Crippen molar-refractivity contribution in [2.75, 3.05) is 5.88 Å². The Morgan fingerprint density at radius 1 is 1.56 bits per heavy atom. The molecule has 0 aromatic carbocycles. The number of alkyl halides is 1. The molecule has 3 amide bonds. The SMILES string of the molecule is Cc1csc(CNC(=O)NC(=O)CCCl)n1. The van der Waals surface area contributed by atoms with E-state index < -0.39 is 6.03 Å². The van der Waals surface area contributed by atoms with Gasteiger partial charge in [-0.2, -0.15) is 0 Å². The van der Waals surface area contributed by atoms with E-state index in [2.05, 4.69) is 15.6 Å². The van der Waals surface area contributed by atoms with Crippen molar-refractivity contribution in [3.63, 3.8) is 0 Å². The molecule has 0 spiro atoms. The van der Waals surface area contributed by atoms with E-state index in [9.17, 15) is 9.59 Å². The highest BCUT2D eigenvalue weighted by Gasteiger charge is 2.07. The van der Waals surface area contributed by atoms with Gasteiger partial charge in [0.15, 0.2) is 0 Å². The fourth-order valence-corrected chi connectivity index (χ4v) is 1.84. The molecule has 1 aromatic heterocycles. The summed E-state index contributed by atoms with van der Waals surface area (Å²) < 4.78 is 0. The summed E-state index contributed by atoms with van der Waals surface area (Å²) in [6, 6.07) is -0.525. The zero-order chi connectivity index (χ0) is 12.0. The van der Waals surface area contributed by atoms with Crippen LogP contribution in [0.5, 0.6) is 0 Å². The van der Waals surface area contributed by atoms with Gasteiger partial charge in [0.05, 0.1) is 6.54 Å². The van der Waals surface area contributed by atoms with Crippen molar-refractivity contribution < 1.29 is 9.59 Å². The molecule has 5 nitrogen and oxygen atoms in total. The first-order valence-corrected chi connectivity index (χ1v) is 6.08. The standard InChI is InChI=1S/C9H12ClN3O2S/c1-6-5-16-8(12-6)4-11-9(15)13-7(14)2-3-10/h5H,2-4H2,1H3,(H2,11,13,14,15). The molecular formula is C9H12ClN3O2S. The number of hydrogen-bond acceptors (Lipinski definition) is 4. The lowest BCUT2D eigenvalue weighted by Crippen LogP contribution is -2.39. The molecule has 0 aliphatic heterocycles. The molecule has 0 fully saturated rings. The van der Waals surface area contributed by atoms with Gasteiger partial charge >= 0.3 is 6.03 Å². The van der Waals surface area contributed by atoms with Gasteiger partial charge in [-0.15, -0.1) is 22.9 Å². The molecule has 88 valence electrons. The second kappa shape index (κ2) is 6.44. The van der Waals surface area contributed by atoms with Gasteiger partial charge in [-0.25, -0.2) is 9.78 Å². The van der Waals surface area contributed by atoms with E-state index in [1.165, 1.54) is 11.3 Å². The minimum Gasteiger partial charge on any atom is -0.331 e. The summed E-state index contributed by atoms with van der Waals surface area (Å²) in [6.45, 7) is 2.20. The third-order valence-corrected chi connectivity index (χ3v) is 2.80. The number of nitrogens with one attached hydrogen (secondary N) is 2. The Morgan fingerprint density at radius 3 is 2.88 bits per heavy atom. The van der Waals surface area contributed by atoms with E-state index in [1.807, 2.05) is 12.3 Å². The number of carbonyl (C=O) groups excluding carboxylic acids is 2. The Labute approximate surface area is 102 Å². The van der Waals surface area contributed by atoms with Crippen LogP contribution in [0.2, 0.25) is 0 Å². The summed E-state index contributed by atoms with van der Waals surface area (Å²) in [5.74, 6) is -0.187. The molecule has 0 bridgehead atoms. The number of hydrogen-bond donors (Lipinski definition) is 2. The van der Waals surface area contributed by atoms with Crippen molar-refractivity contribution in [1.82, 2.24) is 15.6 Å². The van der Waals surface area contributed by atoms with Gasteiger partial charge in [0.25, 0.3) is 0 Å². The van der Waals surface area contributed by atoms with E-state index in [0.717, 1.165) is 10.7 Å². The quantitative estimate of drug-likeness (QED) is 0.805. The summed E-state index contributed by atoms with van der Waals surface area (Å²) in [7, 11) is 0. The number of carbonyl (C=O) groups is 2. The molecule has 0 aliphatic rings. The molecule has 7 heteroatoms. The Kier molecular flexibility index (Phi) is 5.21. The fourth-order valence-electron chi connectivity index (χ4n) is 0.959. The van der Waals surface area contributed by atoms with Crippen molar-refractivity contribution >= 4 is 34.9 Å². The second-order valence-corrected chi connectivity index (χ2v) is 4.37. The molecule has 0 atom stereocenters. The smallest absolute Gasteiger partial charge is 0.321 e. The van der Waals surface area contributed by atoms with E-state index in [0.29, 0.717) is 6.54 Å². The summed E-state index contributed by atoms with van der Waals surface area (Å²) >= 11 is 6.82. The van der Waals surface area contributed by atoms with Gasteiger partial charge in [-0.05, 0) is 6.92 Å². The number of rotatable bonds is 4. The zero-order valence-electron chi connectivity index (χ0n) is 8.75. The maximum absolute atomic E-state index is 11.2. The molecule has 0 unspecified atom stereocenters. The first-order valence-electron chi connectivity index (χ1n) is 4.66. The van der Waals surface area contributed by atoms with Gasteiger partial charge in [0.1, 0.15) is 5.01 Å². The molecule has 2 N–H and O–H groups in total. The summed E-state index contributed by atoms with van der Waals surface area (Å²) in [6.07, 6.45) is 0.130. The minimum absolute atomic E-state index is 0.130. The first-order chi connectivity index (χ1) is 7.61. The molecule has 0 aliphatic carbocycles. The molecule has 16 heavy (non-hydrogen) atoms. The van der Waals surface area contributed by atoms with Crippen LogP contribution >= 0.6 is 22.9 Å². The number of nitrogens with zero attached hydrogens (tertiary/aromatic N) is 1. The number of amides is 3. The highest BCUT2D eigenvalue weighted by Crippen LogP contribution is 2.07. The lowest BCUT2D eigenvalue weighted by molar-refractivity contribution is -0.119. The van der Waals surface area contributed by atoms with Crippen LogP contribution in [0, 0.1) is 6.92 Å². The van der Waals surface area contributed by atoms with E-state index >= 15 is 0 Å². The Balaban J connectivity index is 2.27. The molecule has 1 aromatic rings. The molecule has 0 saturated carbocycles. The Hall–Kier alpha value is -1.14. The van der Waals surface area contributed by atoms with Gasteiger partial charge < -0.3 is 5.32 Å². The molecule has 0 saturated heterocycles. The largest absolute Gasteiger partial charge is 0.331 e. The highest BCUT2D eigenvalue weighted by atomic mass is 35.5. The van der Waals surface area contributed by atoms with E-state index in [1.54, 1.807) is 0 Å². The highest BCUT2D eigenvalue weighted by molar-refractivity contribution is 7.09. The van der Waals surface area contributed by atoms with Crippen LogP contribution in [0.3, 0.4) is 0 Å². The van der Waals surface area contributed by atoms with Crippen LogP contribution in [-0.4, -0.2) is 22.8 Å². The number of aryl methyl sites for hydroxylation is 1. The first kappa shape index (κ1) is 12.9. The van der Waals surface area contributed by atoms with Gasteiger partial charge in [-0.3, -0.25) is 10.1 Å². The molecule has 0 radical (unpaired) electrons. The maximum atomic E-state index is 11.2. The number of urea groups is 1.